The van der Waals surface area contributed by atoms with Gasteiger partial charge in [0.25, 0.3) is 0 Å². The highest BCUT2D eigenvalue weighted by molar-refractivity contribution is 6.74. The quantitative estimate of drug-likeness (QED) is 0.519. The zero-order valence-corrected chi connectivity index (χ0v) is 13.6. The molecule has 0 radical (unpaired) electrons. The molecule has 2 aliphatic carbocycles. The molecular formula is C16H28OSi. The van der Waals surface area contributed by atoms with Crippen LogP contribution in [0, 0.1) is 11.8 Å². The molecule has 2 heteroatoms. The maximum absolute atomic E-state index is 6.63. The molecule has 3 atom stereocenters. The summed E-state index contributed by atoms with van der Waals surface area (Å²) in [7, 11) is -1.65. The lowest BCUT2D eigenvalue weighted by Gasteiger charge is -2.39. The number of hydrogen-bond acceptors (Lipinski definition) is 1. The third kappa shape index (κ3) is 2.37. The molecule has 2 rings (SSSR count). The van der Waals surface area contributed by atoms with Crippen molar-refractivity contribution in [2.24, 2.45) is 11.8 Å². The Hall–Kier alpha value is -0.343. The molecular weight excluding hydrogens is 236 g/mol. The Morgan fingerprint density at radius 3 is 2.61 bits per heavy atom. The number of rotatable bonds is 3. The first-order chi connectivity index (χ1) is 8.26. The molecule has 0 amide bonds. The summed E-state index contributed by atoms with van der Waals surface area (Å²) in [6.45, 7) is 15.7. The number of hydrogen-bond donors (Lipinski definition) is 0. The van der Waals surface area contributed by atoms with Gasteiger partial charge in [0.05, 0.1) is 6.10 Å². The van der Waals surface area contributed by atoms with Gasteiger partial charge in [0.15, 0.2) is 8.32 Å². The van der Waals surface area contributed by atoms with Crippen molar-refractivity contribution in [2.75, 3.05) is 0 Å². The van der Waals surface area contributed by atoms with Crippen LogP contribution in [0.5, 0.6) is 0 Å². The van der Waals surface area contributed by atoms with E-state index in [9.17, 15) is 0 Å². The van der Waals surface area contributed by atoms with E-state index >= 15 is 0 Å². The second kappa shape index (κ2) is 4.64. The van der Waals surface area contributed by atoms with E-state index in [0.717, 1.165) is 5.92 Å². The van der Waals surface area contributed by atoms with Crippen molar-refractivity contribution in [3.8, 4) is 0 Å². The highest BCUT2D eigenvalue weighted by Gasteiger charge is 2.45. The van der Waals surface area contributed by atoms with Crippen LogP contribution in [0.3, 0.4) is 0 Å². The topological polar surface area (TPSA) is 9.23 Å². The molecule has 0 aromatic heterocycles. The fourth-order valence-electron chi connectivity index (χ4n) is 3.05. The highest BCUT2D eigenvalue weighted by atomic mass is 28.4. The van der Waals surface area contributed by atoms with Crippen molar-refractivity contribution in [1.29, 1.82) is 0 Å². The van der Waals surface area contributed by atoms with Crippen molar-refractivity contribution in [1.82, 2.24) is 0 Å². The van der Waals surface area contributed by atoms with Crippen LogP contribution in [0.15, 0.2) is 24.3 Å². The van der Waals surface area contributed by atoms with Crippen LogP contribution in [0.4, 0.5) is 0 Å². The van der Waals surface area contributed by atoms with E-state index in [2.05, 4.69) is 52.6 Å². The first kappa shape index (κ1) is 14.1. The van der Waals surface area contributed by atoms with E-state index in [1.165, 1.54) is 19.3 Å². The SMILES string of the molecule is C=C[C@@H]1C2=CCC[C@@H]2C[C@@H]1O[Si](C)(C)C(C)(C)C. The molecule has 1 saturated carbocycles. The number of fused-ring (bicyclic) bond motifs is 1. The van der Waals surface area contributed by atoms with Gasteiger partial charge in [-0.05, 0) is 43.3 Å². The molecule has 0 unspecified atom stereocenters. The maximum Gasteiger partial charge on any atom is 0.192 e. The van der Waals surface area contributed by atoms with Crippen molar-refractivity contribution in [2.45, 2.75) is 64.3 Å². The van der Waals surface area contributed by atoms with Crippen LogP contribution in [-0.4, -0.2) is 14.4 Å². The van der Waals surface area contributed by atoms with Gasteiger partial charge in [-0.25, -0.2) is 0 Å². The third-order valence-corrected chi connectivity index (χ3v) is 9.68. The third-order valence-electron chi connectivity index (χ3n) is 5.17. The summed E-state index contributed by atoms with van der Waals surface area (Å²) >= 11 is 0. The Bertz CT molecular complexity index is 362. The first-order valence-electron chi connectivity index (χ1n) is 7.26. The fraction of sp³-hybridized carbons (Fsp3) is 0.750. The zero-order chi connectivity index (χ0) is 13.6. The summed E-state index contributed by atoms with van der Waals surface area (Å²) in [6, 6.07) is 0. The molecule has 18 heavy (non-hydrogen) atoms. The normalized spacial score (nSPS) is 32.3. The molecule has 1 fully saturated rings. The average molecular weight is 264 g/mol. The molecule has 0 aromatic carbocycles. The summed E-state index contributed by atoms with van der Waals surface area (Å²) in [5, 5.41) is 0.296. The van der Waals surface area contributed by atoms with Crippen LogP contribution in [0.25, 0.3) is 0 Å². The van der Waals surface area contributed by atoms with Crippen LogP contribution in [0.1, 0.15) is 40.0 Å². The summed E-state index contributed by atoms with van der Waals surface area (Å²) in [5.41, 5.74) is 1.62. The van der Waals surface area contributed by atoms with Crippen LogP contribution in [-0.2, 0) is 4.43 Å². The van der Waals surface area contributed by atoms with Gasteiger partial charge in [0.1, 0.15) is 0 Å². The molecule has 0 aliphatic heterocycles. The Morgan fingerprint density at radius 2 is 2.06 bits per heavy atom. The predicted molar refractivity (Wildman–Crippen MR) is 81.2 cm³/mol. The standard InChI is InChI=1S/C16H28OSi/c1-7-13-14-10-8-9-12(14)11-15(13)17-18(5,6)16(2,3)4/h7,10,12-13,15H,1,8-9,11H2,2-6H3/t12-,13-,15+/m1/s1. The van der Waals surface area contributed by atoms with Gasteiger partial charge < -0.3 is 4.43 Å². The van der Waals surface area contributed by atoms with Crippen molar-refractivity contribution >= 4 is 8.32 Å². The first-order valence-corrected chi connectivity index (χ1v) is 10.2. The average Bonchev–Trinajstić information content (AvgIpc) is 2.74. The van der Waals surface area contributed by atoms with Crippen molar-refractivity contribution < 1.29 is 4.43 Å². The minimum Gasteiger partial charge on any atom is -0.413 e. The van der Waals surface area contributed by atoms with Crippen LogP contribution < -0.4 is 0 Å². The van der Waals surface area contributed by atoms with Gasteiger partial charge in [-0.2, -0.15) is 0 Å². The molecule has 0 spiro atoms. The highest BCUT2D eigenvalue weighted by Crippen LogP contribution is 2.48. The predicted octanol–water partition coefficient (Wildman–Crippen LogP) is 4.92. The summed E-state index contributed by atoms with van der Waals surface area (Å²) in [6.07, 6.45) is 8.75. The van der Waals surface area contributed by atoms with Gasteiger partial charge in [-0.3, -0.25) is 0 Å². The van der Waals surface area contributed by atoms with Crippen molar-refractivity contribution in [3.05, 3.63) is 24.3 Å². The molecule has 0 N–H and O–H groups in total. The summed E-state index contributed by atoms with van der Waals surface area (Å²) in [5.74, 6) is 1.26. The van der Waals surface area contributed by atoms with Gasteiger partial charge in [-0.15, -0.1) is 6.58 Å². The molecule has 2 aliphatic rings. The minimum atomic E-state index is -1.65. The summed E-state index contributed by atoms with van der Waals surface area (Å²) in [4.78, 5) is 0. The monoisotopic (exact) mass is 264 g/mol. The largest absolute Gasteiger partial charge is 0.413 e. The van der Waals surface area contributed by atoms with Gasteiger partial charge >= 0.3 is 0 Å². The molecule has 102 valence electrons. The lowest BCUT2D eigenvalue weighted by atomic mass is 10.00. The van der Waals surface area contributed by atoms with Crippen LogP contribution in [0.2, 0.25) is 18.1 Å². The van der Waals surface area contributed by atoms with Gasteiger partial charge in [0, 0.05) is 5.92 Å². The van der Waals surface area contributed by atoms with E-state index in [4.69, 9.17) is 4.43 Å². The van der Waals surface area contributed by atoms with E-state index < -0.39 is 8.32 Å². The lowest BCUT2D eigenvalue weighted by molar-refractivity contribution is 0.160. The fourth-order valence-corrected chi connectivity index (χ4v) is 4.41. The Labute approximate surface area is 113 Å². The summed E-state index contributed by atoms with van der Waals surface area (Å²) < 4.78 is 6.63. The van der Waals surface area contributed by atoms with E-state index in [-0.39, 0.29) is 0 Å². The van der Waals surface area contributed by atoms with Crippen LogP contribution >= 0.6 is 0 Å². The second-order valence-corrected chi connectivity index (χ2v) is 12.1. The Balaban J connectivity index is 2.13. The molecule has 0 saturated heterocycles. The molecule has 0 bridgehead atoms. The van der Waals surface area contributed by atoms with Crippen molar-refractivity contribution in [3.63, 3.8) is 0 Å². The zero-order valence-electron chi connectivity index (χ0n) is 12.6. The second-order valence-electron chi connectivity index (χ2n) is 7.39. The van der Waals surface area contributed by atoms with Gasteiger partial charge in [0.2, 0.25) is 0 Å². The maximum atomic E-state index is 6.63. The molecule has 0 heterocycles. The lowest BCUT2D eigenvalue weighted by Crippen LogP contribution is -2.44. The Morgan fingerprint density at radius 1 is 1.39 bits per heavy atom. The van der Waals surface area contributed by atoms with E-state index in [1.54, 1.807) is 5.57 Å². The number of allylic oxidation sites excluding steroid dienone is 1. The molecule has 0 aromatic rings. The molecule has 1 nitrogen and oxygen atoms in total. The Kier molecular flexibility index (Phi) is 3.63. The van der Waals surface area contributed by atoms with Gasteiger partial charge in [-0.1, -0.05) is 38.5 Å². The van der Waals surface area contributed by atoms with E-state index in [1.807, 2.05) is 0 Å². The minimum absolute atomic E-state index is 0.296. The van der Waals surface area contributed by atoms with E-state index in [0.29, 0.717) is 17.1 Å². The smallest absolute Gasteiger partial charge is 0.192 e.